The molecular weight excluding hydrogens is 258 g/mol. The summed E-state index contributed by atoms with van der Waals surface area (Å²) in [6.45, 7) is 1.59. The van der Waals surface area contributed by atoms with Crippen LogP contribution in [0.2, 0.25) is 0 Å². The number of amides is 1. The first kappa shape index (κ1) is 13.5. The molecule has 0 bridgehead atoms. The van der Waals surface area contributed by atoms with Crippen molar-refractivity contribution in [3.05, 3.63) is 63.7 Å². The number of nitro benzene ring substituents is 1. The number of aryl methyl sites for hydroxylation is 1. The number of benzene rings is 2. The van der Waals surface area contributed by atoms with Crippen LogP contribution in [-0.2, 0) is 0 Å². The number of rotatable bonds is 3. The van der Waals surface area contributed by atoms with Gasteiger partial charge in [0.15, 0.2) is 0 Å². The minimum atomic E-state index is -0.477. The monoisotopic (exact) mass is 271 g/mol. The van der Waals surface area contributed by atoms with Crippen molar-refractivity contribution in [3.63, 3.8) is 0 Å². The molecule has 2 aromatic rings. The van der Waals surface area contributed by atoms with Gasteiger partial charge < -0.3 is 11.1 Å². The van der Waals surface area contributed by atoms with Gasteiger partial charge >= 0.3 is 0 Å². The lowest BCUT2D eigenvalue weighted by Gasteiger charge is -2.06. The number of hydrogen-bond acceptors (Lipinski definition) is 4. The van der Waals surface area contributed by atoms with Crippen LogP contribution in [0, 0.1) is 17.0 Å². The van der Waals surface area contributed by atoms with Gasteiger partial charge in [0.2, 0.25) is 0 Å². The van der Waals surface area contributed by atoms with E-state index >= 15 is 0 Å². The number of nitrogen functional groups attached to an aromatic ring is 1. The van der Waals surface area contributed by atoms with Gasteiger partial charge in [0.05, 0.1) is 4.92 Å². The fourth-order valence-corrected chi connectivity index (χ4v) is 1.82. The van der Waals surface area contributed by atoms with Crippen LogP contribution >= 0.6 is 0 Å². The number of hydrogen-bond donors (Lipinski definition) is 2. The second kappa shape index (κ2) is 5.40. The Bertz CT molecular complexity index is 683. The summed E-state index contributed by atoms with van der Waals surface area (Å²) >= 11 is 0. The summed E-state index contributed by atoms with van der Waals surface area (Å²) in [5.41, 5.74) is 7.53. The predicted molar refractivity (Wildman–Crippen MR) is 76.6 cm³/mol. The van der Waals surface area contributed by atoms with Gasteiger partial charge in [0.25, 0.3) is 11.6 Å². The third kappa shape index (κ3) is 2.92. The molecule has 6 heteroatoms. The number of nitro groups is 1. The van der Waals surface area contributed by atoms with Crippen LogP contribution in [0.5, 0.6) is 0 Å². The number of carbonyl (C=O) groups is 1. The molecule has 0 aliphatic rings. The molecule has 0 unspecified atom stereocenters. The largest absolute Gasteiger partial charge is 0.399 e. The first-order valence-corrected chi connectivity index (χ1v) is 5.89. The van der Waals surface area contributed by atoms with Gasteiger partial charge in [0.1, 0.15) is 0 Å². The summed E-state index contributed by atoms with van der Waals surface area (Å²) in [4.78, 5) is 22.3. The van der Waals surface area contributed by atoms with E-state index in [1.165, 1.54) is 18.2 Å². The highest BCUT2D eigenvalue weighted by Crippen LogP contribution is 2.20. The van der Waals surface area contributed by atoms with Crippen LogP contribution in [0.1, 0.15) is 15.9 Å². The molecule has 0 atom stereocenters. The first-order chi connectivity index (χ1) is 9.47. The normalized spacial score (nSPS) is 10.1. The lowest BCUT2D eigenvalue weighted by atomic mass is 10.1. The maximum absolute atomic E-state index is 12.0. The molecule has 2 rings (SSSR count). The van der Waals surface area contributed by atoms with E-state index < -0.39 is 4.92 Å². The van der Waals surface area contributed by atoms with E-state index in [2.05, 4.69) is 5.32 Å². The molecule has 1 amide bonds. The zero-order valence-corrected chi connectivity index (χ0v) is 10.8. The molecule has 0 spiro atoms. The molecule has 0 saturated heterocycles. The minimum absolute atomic E-state index is 0.00879. The van der Waals surface area contributed by atoms with E-state index in [9.17, 15) is 14.9 Å². The number of carbonyl (C=O) groups excluding carboxylic acids is 1. The van der Waals surface area contributed by atoms with Crippen molar-refractivity contribution in [1.82, 2.24) is 0 Å². The third-order valence-electron chi connectivity index (χ3n) is 2.80. The van der Waals surface area contributed by atoms with Crippen LogP contribution in [0.25, 0.3) is 0 Å². The topological polar surface area (TPSA) is 98.3 Å². The molecule has 0 saturated carbocycles. The van der Waals surface area contributed by atoms with Crippen molar-refractivity contribution in [2.24, 2.45) is 0 Å². The zero-order chi connectivity index (χ0) is 14.7. The predicted octanol–water partition coefficient (Wildman–Crippen LogP) is 2.74. The van der Waals surface area contributed by atoms with E-state index in [4.69, 9.17) is 5.73 Å². The number of anilines is 2. The van der Waals surface area contributed by atoms with E-state index in [0.717, 1.165) is 0 Å². The quantitative estimate of drug-likeness (QED) is 0.509. The summed E-state index contributed by atoms with van der Waals surface area (Å²) < 4.78 is 0. The van der Waals surface area contributed by atoms with Crippen molar-refractivity contribution < 1.29 is 9.72 Å². The Kier molecular flexibility index (Phi) is 3.65. The van der Waals surface area contributed by atoms with Crippen molar-refractivity contribution in [2.45, 2.75) is 6.92 Å². The SMILES string of the molecule is Cc1cc(C(=O)Nc2cccc(N)c2)ccc1[N+](=O)[O-]. The number of nitrogens with zero attached hydrogens (tertiary/aromatic N) is 1. The lowest BCUT2D eigenvalue weighted by molar-refractivity contribution is -0.385. The molecular formula is C14H13N3O3. The minimum Gasteiger partial charge on any atom is -0.399 e. The highest BCUT2D eigenvalue weighted by molar-refractivity contribution is 6.04. The molecule has 20 heavy (non-hydrogen) atoms. The molecule has 102 valence electrons. The van der Waals surface area contributed by atoms with Crippen LogP contribution in [-0.4, -0.2) is 10.8 Å². The van der Waals surface area contributed by atoms with Crippen LogP contribution < -0.4 is 11.1 Å². The molecule has 3 N–H and O–H groups in total. The van der Waals surface area contributed by atoms with Crippen molar-refractivity contribution in [1.29, 1.82) is 0 Å². The average molecular weight is 271 g/mol. The van der Waals surface area contributed by atoms with E-state index in [1.807, 2.05) is 0 Å². The highest BCUT2D eigenvalue weighted by Gasteiger charge is 2.13. The van der Waals surface area contributed by atoms with Gasteiger partial charge in [-0.05, 0) is 37.3 Å². The molecule has 6 nitrogen and oxygen atoms in total. The molecule has 0 aromatic heterocycles. The van der Waals surface area contributed by atoms with Gasteiger partial charge in [-0.15, -0.1) is 0 Å². The van der Waals surface area contributed by atoms with Crippen molar-refractivity contribution in [2.75, 3.05) is 11.1 Å². The summed E-state index contributed by atoms with van der Waals surface area (Å²) in [5, 5.41) is 13.4. The molecule has 2 aromatic carbocycles. The molecule has 0 heterocycles. The Hall–Kier alpha value is -2.89. The summed E-state index contributed by atoms with van der Waals surface area (Å²) in [7, 11) is 0. The van der Waals surface area contributed by atoms with Crippen molar-refractivity contribution >= 4 is 23.0 Å². The maximum Gasteiger partial charge on any atom is 0.272 e. The van der Waals surface area contributed by atoms with Gasteiger partial charge in [-0.25, -0.2) is 0 Å². The molecule has 0 fully saturated rings. The zero-order valence-electron chi connectivity index (χ0n) is 10.8. The van der Waals surface area contributed by atoms with Crippen LogP contribution in [0.3, 0.4) is 0 Å². The van der Waals surface area contributed by atoms with Gasteiger partial charge in [-0.2, -0.15) is 0 Å². The molecule has 0 aliphatic heterocycles. The van der Waals surface area contributed by atoms with Gasteiger partial charge in [-0.3, -0.25) is 14.9 Å². The van der Waals surface area contributed by atoms with Gasteiger partial charge in [-0.1, -0.05) is 6.07 Å². The number of nitrogens with two attached hydrogens (primary N) is 1. The fraction of sp³-hybridized carbons (Fsp3) is 0.0714. The summed E-state index contributed by atoms with van der Waals surface area (Å²) in [5.74, 6) is -0.339. The number of nitrogens with one attached hydrogen (secondary N) is 1. The van der Waals surface area contributed by atoms with E-state index in [-0.39, 0.29) is 11.6 Å². The van der Waals surface area contributed by atoms with Crippen molar-refractivity contribution in [3.8, 4) is 0 Å². The second-order valence-corrected chi connectivity index (χ2v) is 4.34. The smallest absolute Gasteiger partial charge is 0.272 e. The van der Waals surface area contributed by atoms with Crippen LogP contribution in [0.15, 0.2) is 42.5 Å². The Morgan fingerprint density at radius 2 is 2.00 bits per heavy atom. The third-order valence-corrected chi connectivity index (χ3v) is 2.80. The molecule has 0 radical (unpaired) electrons. The molecule has 0 aliphatic carbocycles. The standard InChI is InChI=1S/C14H13N3O3/c1-9-7-10(5-6-13(9)17(19)20)14(18)16-12-4-2-3-11(15)8-12/h2-8H,15H2,1H3,(H,16,18). The van der Waals surface area contributed by atoms with E-state index in [1.54, 1.807) is 31.2 Å². The summed E-state index contributed by atoms with van der Waals surface area (Å²) in [6.07, 6.45) is 0. The fourth-order valence-electron chi connectivity index (χ4n) is 1.82. The highest BCUT2D eigenvalue weighted by atomic mass is 16.6. The Morgan fingerprint density at radius 1 is 1.25 bits per heavy atom. The summed E-state index contributed by atoms with van der Waals surface area (Å²) in [6, 6.07) is 11.0. The Balaban J connectivity index is 2.22. The Labute approximate surface area is 115 Å². The lowest BCUT2D eigenvalue weighted by Crippen LogP contribution is -2.12. The van der Waals surface area contributed by atoms with E-state index in [0.29, 0.717) is 22.5 Å². The Morgan fingerprint density at radius 3 is 2.60 bits per heavy atom. The van der Waals surface area contributed by atoms with Crippen LogP contribution in [0.4, 0.5) is 17.1 Å². The average Bonchev–Trinajstić information content (AvgIpc) is 2.38. The first-order valence-electron chi connectivity index (χ1n) is 5.89. The maximum atomic E-state index is 12.0. The second-order valence-electron chi connectivity index (χ2n) is 4.34. The van der Waals surface area contributed by atoms with Gasteiger partial charge in [0, 0.05) is 28.6 Å².